The minimum Gasteiger partial charge on any atom is -0.379 e. The largest absolute Gasteiger partial charge is 0.379 e. The van der Waals surface area contributed by atoms with Gasteiger partial charge in [0.2, 0.25) is 0 Å². The number of nitrogens with one attached hydrogen (secondary N) is 1. The number of hydrogen-bond donors (Lipinski definition) is 1. The van der Waals surface area contributed by atoms with Crippen LogP contribution in [0.2, 0.25) is 5.02 Å². The Bertz CT molecular complexity index is 1440. The van der Waals surface area contributed by atoms with E-state index < -0.39 is 6.04 Å². The molecule has 11 heteroatoms. The summed E-state index contributed by atoms with van der Waals surface area (Å²) in [4.78, 5) is 20.6. The summed E-state index contributed by atoms with van der Waals surface area (Å²) in [6, 6.07) is 4.85. The van der Waals surface area contributed by atoms with Crippen molar-refractivity contribution in [1.82, 2.24) is 29.4 Å². The van der Waals surface area contributed by atoms with Crippen LogP contribution in [-0.2, 0) is 15.9 Å². The summed E-state index contributed by atoms with van der Waals surface area (Å²) in [7, 11) is 0. The molecule has 0 radical (unpaired) electrons. The van der Waals surface area contributed by atoms with Gasteiger partial charge in [-0.15, -0.1) is 0 Å². The van der Waals surface area contributed by atoms with E-state index in [0.717, 1.165) is 64.4 Å². The van der Waals surface area contributed by atoms with Crippen molar-refractivity contribution in [3.05, 3.63) is 53.1 Å². The third kappa shape index (κ3) is 4.93. The zero-order chi connectivity index (χ0) is 26.1. The maximum atomic E-state index is 15.9. The zero-order valence-corrected chi connectivity index (χ0v) is 22.1. The SMILES string of the molecule is C[C@H](Nc1ncnc2c1ncn2C1CCCCO1)c1nc(CCN2CCOCC2)c2c(Cl)cccc2c1F. The van der Waals surface area contributed by atoms with Gasteiger partial charge in [-0.05, 0) is 32.3 Å². The van der Waals surface area contributed by atoms with E-state index in [1.165, 1.54) is 6.33 Å². The van der Waals surface area contributed by atoms with Crippen molar-refractivity contribution in [2.24, 2.45) is 0 Å². The fourth-order valence-corrected chi connectivity index (χ4v) is 5.61. The first-order chi connectivity index (χ1) is 18.6. The lowest BCUT2D eigenvalue weighted by Crippen LogP contribution is -2.37. The summed E-state index contributed by atoms with van der Waals surface area (Å²) in [6.07, 6.45) is 6.88. The molecule has 0 saturated carbocycles. The van der Waals surface area contributed by atoms with E-state index in [0.29, 0.717) is 44.9 Å². The molecule has 2 fully saturated rings. The van der Waals surface area contributed by atoms with E-state index >= 15 is 4.39 Å². The van der Waals surface area contributed by atoms with Gasteiger partial charge in [-0.2, -0.15) is 0 Å². The quantitative estimate of drug-likeness (QED) is 0.354. The summed E-state index contributed by atoms with van der Waals surface area (Å²) < 4.78 is 29.2. The Kier molecular flexibility index (Phi) is 7.38. The highest BCUT2D eigenvalue weighted by atomic mass is 35.5. The van der Waals surface area contributed by atoms with E-state index in [-0.39, 0.29) is 12.0 Å². The van der Waals surface area contributed by atoms with Gasteiger partial charge in [-0.3, -0.25) is 14.5 Å². The maximum Gasteiger partial charge on any atom is 0.167 e. The van der Waals surface area contributed by atoms with Gasteiger partial charge in [0.05, 0.1) is 42.0 Å². The molecular weight excluding hydrogens is 509 g/mol. The fraction of sp³-hybridized carbons (Fsp3) is 0.481. The van der Waals surface area contributed by atoms with Crippen LogP contribution in [0.4, 0.5) is 10.2 Å². The van der Waals surface area contributed by atoms with Gasteiger partial charge in [0, 0.05) is 43.4 Å². The Hall–Kier alpha value is -2.92. The number of nitrogens with zero attached hydrogens (tertiary/aromatic N) is 6. The number of benzene rings is 1. The Morgan fingerprint density at radius 1 is 1.16 bits per heavy atom. The Labute approximate surface area is 225 Å². The molecule has 2 atom stereocenters. The van der Waals surface area contributed by atoms with E-state index in [9.17, 15) is 0 Å². The van der Waals surface area contributed by atoms with Crippen LogP contribution >= 0.6 is 11.6 Å². The molecule has 0 spiro atoms. The molecule has 1 N–H and O–H groups in total. The van der Waals surface area contributed by atoms with Crippen LogP contribution in [0.1, 0.15) is 49.8 Å². The molecule has 3 aromatic heterocycles. The summed E-state index contributed by atoms with van der Waals surface area (Å²) >= 11 is 6.56. The molecule has 5 heterocycles. The van der Waals surface area contributed by atoms with Crippen LogP contribution in [0, 0.1) is 5.82 Å². The van der Waals surface area contributed by atoms with Crippen molar-refractivity contribution in [1.29, 1.82) is 0 Å². The number of halogens is 2. The van der Waals surface area contributed by atoms with E-state index in [4.69, 9.17) is 26.1 Å². The third-order valence-electron chi connectivity index (χ3n) is 7.38. The van der Waals surface area contributed by atoms with Crippen molar-refractivity contribution in [3.63, 3.8) is 0 Å². The molecule has 1 aromatic carbocycles. The van der Waals surface area contributed by atoms with Gasteiger partial charge in [0.1, 0.15) is 12.6 Å². The number of rotatable bonds is 7. The van der Waals surface area contributed by atoms with Crippen LogP contribution in [0.15, 0.2) is 30.9 Å². The fourth-order valence-electron chi connectivity index (χ4n) is 5.33. The molecule has 0 bridgehead atoms. The molecule has 38 heavy (non-hydrogen) atoms. The minimum atomic E-state index is -0.477. The van der Waals surface area contributed by atoms with E-state index in [1.54, 1.807) is 24.5 Å². The molecule has 1 unspecified atom stereocenters. The number of anilines is 1. The lowest BCUT2D eigenvalue weighted by molar-refractivity contribution is -0.0298. The highest BCUT2D eigenvalue weighted by Gasteiger charge is 2.24. The molecule has 200 valence electrons. The predicted octanol–water partition coefficient (Wildman–Crippen LogP) is 4.91. The molecule has 2 aliphatic rings. The van der Waals surface area contributed by atoms with Crippen LogP contribution in [0.25, 0.3) is 21.9 Å². The van der Waals surface area contributed by atoms with Gasteiger partial charge in [-0.1, -0.05) is 23.7 Å². The van der Waals surface area contributed by atoms with Gasteiger partial charge >= 0.3 is 0 Å². The zero-order valence-electron chi connectivity index (χ0n) is 21.4. The number of ether oxygens (including phenoxy) is 2. The maximum absolute atomic E-state index is 15.9. The normalized spacial score (nSPS) is 19.7. The summed E-state index contributed by atoms with van der Waals surface area (Å²) in [6.45, 7) is 6.60. The number of fused-ring (bicyclic) bond motifs is 2. The van der Waals surface area contributed by atoms with Crippen LogP contribution < -0.4 is 5.32 Å². The van der Waals surface area contributed by atoms with E-state index in [2.05, 4.69) is 25.2 Å². The average Bonchev–Trinajstić information content (AvgIpc) is 3.39. The molecule has 6 rings (SSSR count). The molecule has 2 saturated heterocycles. The minimum absolute atomic E-state index is 0.0905. The van der Waals surface area contributed by atoms with Crippen molar-refractivity contribution in [3.8, 4) is 0 Å². The Balaban J connectivity index is 1.31. The average molecular weight is 540 g/mol. The lowest BCUT2D eigenvalue weighted by Gasteiger charge is -2.26. The van der Waals surface area contributed by atoms with Gasteiger partial charge in [0.25, 0.3) is 0 Å². The Morgan fingerprint density at radius 2 is 2.03 bits per heavy atom. The number of imidazole rings is 1. The summed E-state index contributed by atoms with van der Waals surface area (Å²) in [5, 5.41) is 4.99. The van der Waals surface area contributed by atoms with E-state index in [1.807, 2.05) is 11.5 Å². The third-order valence-corrected chi connectivity index (χ3v) is 7.69. The van der Waals surface area contributed by atoms with Crippen LogP contribution in [0.5, 0.6) is 0 Å². The molecule has 9 nitrogen and oxygen atoms in total. The highest BCUT2D eigenvalue weighted by Crippen LogP contribution is 2.33. The standard InChI is InChI=1S/C27H31ClFN7O2/c1-17(33-26-25-27(31-15-30-26)36(16-32-25)21-7-2-3-12-38-21)24-23(29)18-5-4-6-19(28)22(18)20(34-24)8-9-35-10-13-37-14-11-35/h4-6,15-17,21H,2-3,7-14H2,1H3,(H,30,31,33)/t17-,21?/m0/s1. The number of morpholine rings is 1. The second kappa shape index (κ2) is 11.1. The highest BCUT2D eigenvalue weighted by molar-refractivity contribution is 6.35. The molecular formula is C27H31ClFN7O2. The molecule has 2 aliphatic heterocycles. The van der Waals surface area contributed by atoms with Crippen molar-refractivity contribution < 1.29 is 13.9 Å². The summed E-state index contributed by atoms with van der Waals surface area (Å²) in [5.74, 6) is 0.142. The van der Waals surface area contributed by atoms with Gasteiger partial charge in [-0.25, -0.2) is 19.3 Å². The van der Waals surface area contributed by atoms with Crippen LogP contribution in [-0.4, -0.2) is 68.9 Å². The van der Waals surface area contributed by atoms with Crippen molar-refractivity contribution in [2.45, 2.75) is 44.9 Å². The monoisotopic (exact) mass is 539 g/mol. The lowest BCUT2D eigenvalue weighted by atomic mass is 10.0. The second-order valence-corrected chi connectivity index (χ2v) is 10.3. The Morgan fingerprint density at radius 3 is 2.84 bits per heavy atom. The summed E-state index contributed by atoms with van der Waals surface area (Å²) in [5.41, 5.74) is 2.41. The topological polar surface area (TPSA) is 90.2 Å². The number of hydrogen-bond acceptors (Lipinski definition) is 8. The van der Waals surface area contributed by atoms with Gasteiger partial charge in [0.15, 0.2) is 22.8 Å². The van der Waals surface area contributed by atoms with Gasteiger partial charge < -0.3 is 14.8 Å². The first-order valence-electron chi connectivity index (χ1n) is 13.2. The number of aromatic nitrogens is 5. The molecule has 0 aliphatic carbocycles. The first kappa shape index (κ1) is 25.4. The van der Waals surface area contributed by atoms with Crippen molar-refractivity contribution >= 4 is 39.4 Å². The predicted molar refractivity (Wildman–Crippen MR) is 144 cm³/mol. The molecule has 4 aromatic rings. The smallest absolute Gasteiger partial charge is 0.167 e. The van der Waals surface area contributed by atoms with Crippen molar-refractivity contribution in [2.75, 3.05) is 44.8 Å². The first-order valence-corrected chi connectivity index (χ1v) is 13.6. The second-order valence-electron chi connectivity index (χ2n) is 9.86. The number of pyridine rings is 1. The molecule has 0 amide bonds. The van der Waals surface area contributed by atoms with Crippen LogP contribution in [0.3, 0.4) is 0 Å².